The first-order valence-corrected chi connectivity index (χ1v) is 9.36. The van der Waals surface area contributed by atoms with E-state index in [-0.39, 0.29) is 35.2 Å². The van der Waals surface area contributed by atoms with Gasteiger partial charge in [-0.1, -0.05) is 6.07 Å². The third-order valence-electron chi connectivity index (χ3n) is 4.49. The zero-order valence-electron chi connectivity index (χ0n) is 13.9. The van der Waals surface area contributed by atoms with Gasteiger partial charge in [-0.05, 0) is 43.5 Å². The minimum atomic E-state index is -3.85. The van der Waals surface area contributed by atoms with Gasteiger partial charge in [0.2, 0.25) is 15.9 Å². The summed E-state index contributed by atoms with van der Waals surface area (Å²) in [6.07, 6.45) is 2.91. The van der Waals surface area contributed by atoms with Crippen LogP contribution in [0.15, 0.2) is 35.5 Å². The maximum absolute atomic E-state index is 13.4. The molecule has 2 N–H and O–H groups in total. The van der Waals surface area contributed by atoms with Gasteiger partial charge < -0.3 is 4.90 Å². The highest BCUT2D eigenvalue weighted by atomic mass is 32.2. The Balaban J connectivity index is 1.82. The van der Waals surface area contributed by atoms with E-state index in [0.717, 1.165) is 17.3 Å². The molecule has 1 aromatic carbocycles. The normalized spacial score (nSPS) is 20.4. The van der Waals surface area contributed by atoms with Gasteiger partial charge in [0.25, 0.3) is 0 Å². The van der Waals surface area contributed by atoms with Crippen LogP contribution in [0.2, 0.25) is 0 Å². The van der Waals surface area contributed by atoms with Crippen LogP contribution in [0.4, 0.5) is 4.39 Å². The van der Waals surface area contributed by atoms with Crippen LogP contribution in [0.5, 0.6) is 0 Å². The van der Waals surface area contributed by atoms with Gasteiger partial charge in [0.15, 0.2) is 0 Å². The van der Waals surface area contributed by atoms with E-state index < -0.39 is 10.0 Å². The highest BCUT2D eigenvalue weighted by molar-refractivity contribution is 7.89. The Morgan fingerprint density at radius 1 is 1.40 bits per heavy atom. The van der Waals surface area contributed by atoms with E-state index in [1.165, 1.54) is 23.0 Å². The van der Waals surface area contributed by atoms with Gasteiger partial charge in [-0.2, -0.15) is 5.10 Å². The quantitative estimate of drug-likeness (QED) is 0.882. The number of carbonyl (C=O) groups excluding carboxylic acids is 1. The van der Waals surface area contributed by atoms with E-state index in [2.05, 4.69) is 5.10 Å². The van der Waals surface area contributed by atoms with Crippen LogP contribution in [0.3, 0.4) is 0 Å². The van der Waals surface area contributed by atoms with Gasteiger partial charge in [-0.15, -0.1) is 0 Å². The van der Waals surface area contributed by atoms with Crippen LogP contribution in [0, 0.1) is 5.82 Å². The molecule has 3 rings (SSSR count). The van der Waals surface area contributed by atoms with Crippen molar-refractivity contribution in [2.45, 2.75) is 43.8 Å². The Morgan fingerprint density at radius 3 is 2.76 bits per heavy atom. The summed E-state index contributed by atoms with van der Waals surface area (Å²) in [5.74, 6) is -0.482. The van der Waals surface area contributed by atoms with Crippen molar-refractivity contribution in [3.05, 3.63) is 47.5 Å². The second-order valence-electron chi connectivity index (χ2n) is 6.29. The number of primary sulfonamides is 1. The zero-order chi connectivity index (χ0) is 18.4. The van der Waals surface area contributed by atoms with Crippen molar-refractivity contribution in [2.75, 3.05) is 0 Å². The number of hydrogen-bond donors (Lipinski definition) is 1. The first-order chi connectivity index (χ1) is 11.7. The topological polar surface area (TPSA) is 98.3 Å². The fraction of sp³-hybridized carbons (Fsp3) is 0.375. The number of nitrogens with zero attached hydrogens (tertiary/aromatic N) is 3. The number of benzene rings is 1. The Morgan fingerprint density at radius 2 is 2.12 bits per heavy atom. The second kappa shape index (κ2) is 6.23. The lowest BCUT2D eigenvalue weighted by Crippen LogP contribution is -2.46. The molecule has 134 valence electrons. The van der Waals surface area contributed by atoms with Crippen molar-refractivity contribution in [1.29, 1.82) is 0 Å². The standard InChI is InChI=1S/C16H19FN4O3S/c1-10-5-12-6-13(17)3-4-15(12)11(2)21(10)16(22)9-20-8-14(7-19-20)25(18,23)24/h3-4,6-8,10-11H,5,9H2,1-2H3,(H2,18,23,24). The molecule has 1 amide bonds. The van der Waals surface area contributed by atoms with Crippen molar-refractivity contribution in [3.8, 4) is 0 Å². The summed E-state index contributed by atoms with van der Waals surface area (Å²) in [6, 6.07) is 4.29. The summed E-state index contributed by atoms with van der Waals surface area (Å²) >= 11 is 0. The molecule has 0 fully saturated rings. The number of hydrogen-bond acceptors (Lipinski definition) is 4. The monoisotopic (exact) mass is 366 g/mol. The number of amides is 1. The van der Waals surface area contributed by atoms with E-state index >= 15 is 0 Å². The first kappa shape index (κ1) is 17.6. The van der Waals surface area contributed by atoms with Crippen LogP contribution in [0.1, 0.15) is 31.0 Å². The number of fused-ring (bicyclic) bond motifs is 1. The maximum Gasteiger partial charge on any atom is 0.245 e. The third kappa shape index (κ3) is 3.42. The average molecular weight is 366 g/mol. The van der Waals surface area contributed by atoms with Crippen LogP contribution in [-0.2, 0) is 27.8 Å². The van der Waals surface area contributed by atoms with Gasteiger partial charge in [0, 0.05) is 12.2 Å². The van der Waals surface area contributed by atoms with E-state index in [1.54, 1.807) is 11.0 Å². The minimum Gasteiger partial charge on any atom is -0.331 e. The third-order valence-corrected chi connectivity index (χ3v) is 5.35. The summed E-state index contributed by atoms with van der Waals surface area (Å²) in [4.78, 5) is 14.3. The van der Waals surface area contributed by atoms with Crippen molar-refractivity contribution in [3.63, 3.8) is 0 Å². The molecule has 0 radical (unpaired) electrons. The SMILES string of the molecule is CC1Cc2cc(F)ccc2C(C)N1C(=O)Cn1cc(S(N)(=O)=O)cn1. The van der Waals surface area contributed by atoms with E-state index in [0.29, 0.717) is 6.42 Å². The molecule has 1 aliphatic rings. The molecule has 9 heteroatoms. The average Bonchev–Trinajstić information content (AvgIpc) is 2.95. The predicted molar refractivity (Wildman–Crippen MR) is 88.4 cm³/mol. The molecule has 0 spiro atoms. The summed E-state index contributed by atoms with van der Waals surface area (Å²) < 4.78 is 37.3. The summed E-state index contributed by atoms with van der Waals surface area (Å²) in [5, 5.41) is 8.93. The van der Waals surface area contributed by atoms with Crippen LogP contribution in [-0.4, -0.2) is 35.0 Å². The Kier molecular flexibility index (Phi) is 4.38. The molecule has 2 unspecified atom stereocenters. The molecule has 7 nitrogen and oxygen atoms in total. The number of nitrogens with two attached hydrogens (primary N) is 1. The fourth-order valence-corrected chi connectivity index (χ4v) is 3.83. The number of halogens is 1. The number of carbonyl (C=O) groups is 1. The van der Waals surface area contributed by atoms with Crippen LogP contribution >= 0.6 is 0 Å². The Labute approximate surface area is 145 Å². The van der Waals surface area contributed by atoms with E-state index in [4.69, 9.17) is 5.14 Å². The van der Waals surface area contributed by atoms with Crippen molar-refractivity contribution in [2.24, 2.45) is 5.14 Å². The molecule has 0 saturated heterocycles. The largest absolute Gasteiger partial charge is 0.331 e. The van der Waals surface area contributed by atoms with Crippen molar-refractivity contribution >= 4 is 15.9 Å². The predicted octanol–water partition coefficient (Wildman–Crippen LogP) is 1.20. The lowest BCUT2D eigenvalue weighted by molar-refractivity contribution is -0.137. The molecular formula is C16H19FN4O3S. The molecule has 2 heterocycles. The van der Waals surface area contributed by atoms with Gasteiger partial charge in [-0.25, -0.2) is 17.9 Å². The highest BCUT2D eigenvalue weighted by Crippen LogP contribution is 2.33. The lowest BCUT2D eigenvalue weighted by atomic mass is 9.89. The molecule has 1 aliphatic heterocycles. The van der Waals surface area contributed by atoms with Crippen molar-refractivity contribution in [1.82, 2.24) is 14.7 Å². The maximum atomic E-state index is 13.4. The lowest BCUT2D eigenvalue weighted by Gasteiger charge is -2.40. The van der Waals surface area contributed by atoms with Crippen molar-refractivity contribution < 1.29 is 17.6 Å². The van der Waals surface area contributed by atoms with Gasteiger partial charge >= 0.3 is 0 Å². The molecule has 25 heavy (non-hydrogen) atoms. The number of sulfonamides is 1. The summed E-state index contributed by atoms with van der Waals surface area (Å²) in [6.45, 7) is 3.70. The second-order valence-corrected chi connectivity index (χ2v) is 7.85. The zero-order valence-corrected chi connectivity index (χ0v) is 14.7. The Bertz CT molecular complexity index is 925. The molecule has 2 atom stereocenters. The molecular weight excluding hydrogens is 347 g/mol. The Hall–Kier alpha value is -2.26. The molecule has 0 saturated carbocycles. The first-order valence-electron chi connectivity index (χ1n) is 7.81. The van der Waals surface area contributed by atoms with Gasteiger partial charge in [0.1, 0.15) is 17.3 Å². The fourth-order valence-electron chi connectivity index (χ4n) is 3.37. The summed E-state index contributed by atoms with van der Waals surface area (Å²) in [5.41, 5.74) is 1.82. The smallest absolute Gasteiger partial charge is 0.245 e. The molecule has 2 aromatic rings. The van der Waals surface area contributed by atoms with E-state index in [1.807, 2.05) is 13.8 Å². The summed E-state index contributed by atoms with van der Waals surface area (Å²) in [7, 11) is -3.85. The van der Waals surface area contributed by atoms with E-state index in [9.17, 15) is 17.6 Å². The van der Waals surface area contributed by atoms with Crippen LogP contribution < -0.4 is 5.14 Å². The minimum absolute atomic E-state index is 0.0965. The highest BCUT2D eigenvalue weighted by Gasteiger charge is 2.33. The van der Waals surface area contributed by atoms with Gasteiger partial charge in [-0.3, -0.25) is 9.48 Å². The molecule has 0 bridgehead atoms. The number of rotatable bonds is 3. The van der Waals surface area contributed by atoms with Crippen LogP contribution in [0.25, 0.3) is 0 Å². The number of aromatic nitrogens is 2. The molecule has 1 aromatic heterocycles. The van der Waals surface area contributed by atoms with Gasteiger partial charge in [0.05, 0.1) is 12.2 Å². The molecule has 0 aliphatic carbocycles.